The van der Waals surface area contributed by atoms with Gasteiger partial charge in [-0.05, 0) is 29.2 Å². The van der Waals surface area contributed by atoms with E-state index in [0.717, 1.165) is 10.6 Å². The quantitative estimate of drug-likeness (QED) is 0.450. The molecule has 8 nitrogen and oxygen atoms in total. The second kappa shape index (κ2) is 10.3. The fourth-order valence-electron chi connectivity index (χ4n) is 4.05. The van der Waals surface area contributed by atoms with Crippen LogP contribution in [0.15, 0.2) is 59.9 Å². The van der Waals surface area contributed by atoms with Crippen molar-refractivity contribution < 1.29 is 27.5 Å². The number of alkyl halides is 3. The molecule has 2 amide bonds. The summed E-state index contributed by atoms with van der Waals surface area (Å²) in [5, 5.41) is 3.57. The average molecular weight is 492 g/mol. The molecule has 2 atom stereocenters. The molecule has 1 heterocycles. The molecular formula is C24H28F3N5O3. The number of ether oxygens (including phenoxy) is 1. The fraction of sp³-hybridized carbons (Fsp3) is 0.333. The number of carbonyl (C=O) groups is 2. The first-order valence-corrected chi connectivity index (χ1v) is 10.9. The number of nitrogens with one attached hydrogen (secondary N) is 2. The third-order valence-corrected chi connectivity index (χ3v) is 5.72. The summed E-state index contributed by atoms with van der Waals surface area (Å²) in [5.74, 6) is -1.99. The van der Waals surface area contributed by atoms with Gasteiger partial charge in [0.1, 0.15) is 17.6 Å². The van der Waals surface area contributed by atoms with Crippen LogP contribution in [-0.2, 0) is 11.3 Å². The lowest BCUT2D eigenvalue weighted by Gasteiger charge is -2.35. The Balaban J connectivity index is 1.78. The van der Waals surface area contributed by atoms with Crippen molar-refractivity contribution in [2.24, 2.45) is 17.4 Å². The topological polar surface area (TPSA) is 123 Å². The number of primary amides is 1. The Morgan fingerprint density at radius 3 is 2.31 bits per heavy atom. The second-order valence-electron chi connectivity index (χ2n) is 8.45. The van der Waals surface area contributed by atoms with E-state index in [0.29, 0.717) is 16.9 Å². The van der Waals surface area contributed by atoms with Crippen LogP contribution >= 0.6 is 0 Å². The first-order chi connectivity index (χ1) is 16.5. The van der Waals surface area contributed by atoms with E-state index in [2.05, 4.69) is 10.7 Å². The summed E-state index contributed by atoms with van der Waals surface area (Å²) in [7, 11) is 1.47. The number of nitrogens with two attached hydrogens (primary N) is 2. The first-order valence-electron chi connectivity index (χ1n) is 10.9. The average Bonchev–Trinajstić information content (AvgIpc) is 3.13. The van der Waals surface area contributed by atoms with Gasteiger partial charge in [-0.3, -0.25) is 14.6 Å². The minimum Gasteiger partial charge on any atom is -0.496 e. The summed E-state index contributed by atoms with van der Waals surface area (Å²) in [4.78, 5) is 24.6. The van der Waals surface area contributed by atoms with E-state index < -0.39 is 30.1 Å². The van der Waals surface area contributed by atoms with Crippen LogP contribution < -0.4 is 26.9 Å². The molecule has 0 aliphatic carbocycles. The van der Waals surface area contributed by atoms with Crippen molar-refractivity contribution in [3.63, 3.8) is 0 Å². The molecule has 0 aromatic heterocycles. The number of hydrogen-bond acceptors (Lipinski definition) is 6. The Morgan fingerprint density at radius 2 is 1.77 bits per heavy atom. The van der Waals surface area contributed by atoms with Gasteiger partial charge in [0.2, 0.25) is 5.91 Å². The summed E-state index contributed by atoms with van der Waals surface area (Å²) < 4.78 is 46.3. The minimum atomic E-state index is -4.59. The van der Waals surface area contributed by atoms with Gasteiger partial charge in [-0.25, -0.2) is 5.43 Å². The van der Waals surface area contributed by atoms with Gasteiger partial charge in [0.05, 0.1) is 24.3 Å². The molecule has 2 aromatic carbocycles. The fourth-order valence-corrected chi connectivity index (χ4v) is 4.05. The Bertz CT molecular complexity index is 1120. The van der Waals surface area contributed by atoms with Crippen LogP contribution in [0.2, 0.25) is 0 Å². The maximum atomic E-state index is 13.7. The van der Waals surface area contributed by atoms with Gasteiger partial charge in [-0.15, -0.1) is 0 Å². The third-order valence-electron chi connectivity index (χ3n) is 5.72. The summed E-state index contributed by atoms with van der Waals surface area (Å²) >= 11 is 0. The predicted octanol–water partition coefficient (Wildman–Crippen LogP) is 2.73. The largest absolute Gasteiger partial charge is 0.496 e. The highest BCUT2D eigenvalue weighted by Crippen LogP contribution is 2.37. The van der Waals surface area contributed by atoms with Gasteiger partial charge in [0.25, 0.3) is 5.91 Å². The van der Waals surface area contributed by atoms with E-state index in [1.807, 2.05) is 0 Å². The van der Waals surface area contributed by atoms with Gasteiger partial charge < -0.3 is 21.5 Å². The van der Waals surface area contributed by atoms with E-state index >= 15 is 0 Å². The Kier molecular flexibility index (Phi) is 7.59. The molecule has 0 radical (unpaired) electrons. The zero-order valence-electron chi connectivity index (χ0n) is 19.5. The molecule has 6 N–H and O–H groups in total. The van der Waals surface area contributed by atoms with Crippen LogP contribution in [0.4, 0.5) is 13.2 Å². The third kappa shape index (κ3) is 5.51. The molecule has 0 bridgehead atoms. The second-order valence-corrected chi connectivity index (χ2v) is 8.45. The van der Waals surface area contributed by atoms with Crippen molar-refractivity contribution in [1.82, 2.24) is 15.8 Å². The van der Waals surface area contributed by atoms with E-state index in [4.69, 9.17) is 16.2 Å². The number of rotatable bonds is 8. The molecule has 2 aromatic rings. The standard InChI is InChI=1S/C24H28F3N5O3/c1-13(2)20(24(25,26)27)32-21(28)18(22(29)33)19(31-32)15-10-8-14(9-11-15)12-30-23(34)16-6-4-5-7-17(16)35-3/h4-11,13,19-20,31H,12,28H2,1-3H3,(H2,29,33)(H,30,34). The van der Waals surface area contributed by atoms with Crippen molar-refractivity contribution in [1.29, 1.82) is 0 Å². The van der Waals surface area contributed by atoms with Crippen LogP contribution in [0.3, 0.4) is 0 Å². The molecule has 0 fully saturated rings. The molecular weight excluding hydrogens is 463 g/mol. The van der Waals surface area contributed by atoms with Crippen molar-refractivity contribution in [2.75, 3.05) is 7.11 Å². The summed E-state index contributed by atoms with van der Waals surface area (Å²) in [5.41, 5.74) is 15.6. The molecule has 11 heteroatoms. The molecule has 188 valence electrons. The van der Waals surface area contributed by atoms with E-state index in [1.54, 1.807) is 48.5 Å². The van der Waals surface area contributed by atoms with Crippen LogP contribution in [-0.4, -0.2) is 36.2 Å². The first kappa shape index (κ1) is 25.9. The van der Waals surface area contributed by atoms with E-state index in [9.17, 15) is 22.8 Å². The van der Waals surface area contributed by atoms with Crippen molar-refractivity contribution >= 4 is 11.8 Å². The zero-order chi connectivity index (χ0) is 25.9. The Hall–Kier alpha value is -3.73. The van der Waals surface area contributed by atoms with Crippen LogP contribution in [0, 0.1) is 5.92 Å². The summed E-state index contributed by atoms with van der Waals surface area (Å²) in [6, 6.07) is 10.6. The Morgan fingerprint density at radius 1 is 1.14 bits per heavy atom. The van der Waals surface area contributed by atoms with Gasteiger partial charge >= 0.3 is 6.18 Å². The zero-order valence-corrected chi connectivity index (χ0v) is 19.5. The van der Waals surface area contributed by atoms with Crippen molar-refractivity contribution in [2.45, 2.75) is 38.7 Å². The lowest BCUT2D eigenvalue weighted by atomic mass is 9.98. The highest BCUT2D eigenvalue weighted by molar-refractivity contribution is 5.97. The van der Waals surface area contributed by atoms with E-state index in [1.165, 1.54) is 21.0 Å². The molecule has 0 saturated carbocycles. The summed E-state index contributed by atoms with van der Waals surface area (Å²) in [6.07, 6.45) is -4.59. The maximum absolute atomic E-state index is 13.7. The molecule has 35 heavy (non-hydrogen) atoms. The Labute approximate surface area is 201 Å². The number of benzene rings is 2. The number of amides is 2. The van der Waals surface area contributed by atoms with Gasteiger partial charge in [0.15, 0.2) is 0 Å². The molecule has 3 rings (SSSR count). The predicted molar refractivity (Wildman–Crippen MR) is 123 cm³/mol. The smallest absolute Gasteiger partial charge is 0.410 e. The highest BCUT2D eigenvalue weighted by atomic mass is 19.4. The normalized spacial score (nSPS) is 17.0. The number of hydrogen-bond donors (Lipinski definition) is 4. The lowest BCUT2D eigenvalue weighted by Crippen LogP contribution is -2.53. The SMILES string of the molecule is COc1ccccc1C(=O)NCc1ccc(C2NN(C(C(C)C)C(F)(F)F)C(N)=C2C(N)=O)cc1. The van der Waals surface area contributed by atoms with Crippen LogP contribution in [0.1, 0.15) is 41.4 Å². The highest BCUT2D eigenvalue weighted by Gasteiger charge is 2.50. The maximum Gasteiger partial charge on any atom is 0.410 e. The molecule has 0 spiro atoms. The van der Waals surface area contributed by atoms with Gasteiger partial charge in [-0.1, -0.05) is 50.2 Å². The van der Waals surface area contributed by atoms with Crippen LogP contribution in [0.25, 0.3) is 0 Å². The molecule has 1 aliphatic rings. The lowest BCUT2D eigenvalue weighted by molar-refractivity contribution is -0.196. The molecule has 0 saturated heterocycles. The molecule has 1 aliphatic heterocycles. The van der Waals surface area contributed by atoms with Gasteiger partial charge in [0, 0.05) is 6.54 Å². The number of carbonyl (C=O) groups excluding carboxylic acids is 2. The number of hydrazine groups is 1. The number of halogens is 3. The van der Waals surface area contributed by atoms with Crippen LogP contribution in [0.5, 0.6) is 5.75 Å². The van der Waals surface area contributed by atoms with E-state index in [-0.39, 0.29) is 23.8 Å². The summed E-state index contributed by atoms with van der Waals surface area (Å²) in [6.45, 7) is 3.03. The van der Waals surface area contributed by atoms with Crippen molar-refractivity contribution in [3.8, 4) is 5.75 Å². The molecule has 2 unspecified atom stereocenters. The van der Waals surface area contributed by atoms with Gasteiger partial charge in [-0.2, -0.15) is 13.2 Å². The minimum absolute atomic E-state index is 0.142. The number of para-hydroxylation sites is 1. The monoisotopic (exact) mass is 491 g/mol. The van der Waals surface area contributed by atoms with Crippen molar-refractivity contribution in [3.05, 3.63) is 76.6 Å². The number of methoxy groups -OCH3 is 1. The number of nitrogens with zero attached hydrogens (tertiary/aromatic N) is 1.